The monoisotopic (exact) mass is 612 g/mol. The van der Waals surface area contributed by atoms with Gasteiger partial charge in [-0.1, -0.05) is 48.2 Å². The van der Waals surface area contributed by atoms with Crippen LogP contribution < -0.4 is 14.6 Å². The fraction of sp³-hybridized carbons (Fsp3) is 0.125. The number of nitrogens with zero attached hydrogens (tertiary/aromatic N) is 3. The second kappa shape index (κ2) is 14.0. The lowest BCUT2D eigenvalue weighted by Gasteiger charge is -2.12. The number of benzene rings is 3. The third-order valence-corrected chi connectivity index (χ3v) is 8.86. The summed E-state index contributed by atoms with van der Waals surface area (Å²) in [5.41, 5.74) is 1.50. The van der Waals surface area contributed by atoms with Gasteiger partial charge in [-0.2, -0.15) is 5.10 Å². The number of aromatic nitrogens is 3. The molecule has 0 aliphatic rings. The maximum absolute atomic E-state index is 13.1. The van der Waals surface area contributed by atoms with Gasteiger partial charge in [0.1, 0.15) is 12.4 Å². The summed E-state index contributed by atoms with van der Waals surface area (Å²) in [7, 11) is -3.92. The number of pyridine rings is 1. The quantitative estimate of drug-likeness (QED) is 0.106. The van der Waals surface area contributed by atoms with Gasteiger partial charge in [-0.25, -0.2) is 17.7 Å². The van der Waals surface area contributed by atoms with Gasteiger partial charge in [0.2, 0.25) is 0 Å². The van der Waals surface area contributed by atoms with Crippen LogP contribution in [0.15, 0.2) is 132 Å². The van der Waals surface area contributed by atoms with Crippen LogP contribution in [0, 0.1) is 0 Å². The molecule has 9 nitrogen and oxygen atoms in total. The Balaban J connectivity index is 1.18. The zero-order valence-corrected chi connectivity index (χ0v) is 24.8. The fourth-order valence-electron chi connectivity index (χ4n) is 4.33. The molecule has 0 atom stereocenters. The predicted molar refractivity (Wildman–Crippen MR) is 167 cm³/mol. The standard InChI is InChI=1S/C32H29N5O4S2/c38-31(15-7-10-24-36-22-8-2-9-23-36)42-29-14-6-5-13-28(29)32(39)34-25-16-18-27(19-17-25)43(40,41)35-30-20-21-33-37(30)26-11-3-1-4-12-26/h1-6,8-9,11-14,16-23H,7,10,15,24H2,(H-,33,34,35,39)/p+1. The number of hydrogen-bond acceptors (Lipinski definition) is 6. The second-order valence-electron chi connectivity index (χ2n) is 9.59. The summed E-state index contributed by atoms with van der Waals surface area (Å²) >= 11 is 1.06. The lowest BCUT2D eigenvalue weighted by molar-refractivity contribution is -0.697. The number of hydrogen-bond donors (Lipinski definition) is 2. The van der Waals surface area contributed by atoms with Crippen molar-refractivity contribution in [2.75, 3.05) is 10.0 Å². The molecule has 0 saturated heterocycles. The van der Waals surface area contributed by atoms with Gasteiger partial charge < -0.3 is 5.32 Å². The maximum atomic E-state index is 13.1. The Morgan fingerprint density at radius 1 is 0.814 bits per heavy atom. The zero-order valence-electron chi connectivity index (χ0n) is 23.2. The minimum atomic E-state index is -3.92. The molecule has 218 valence electrons. The highest BCUT2D eigenvalue weighted by Gasteiger charge is 2.19. The van der Waals surface area contributed by atoms with Crippen LogP contribution in [-0.4, -0.2) is 29.2 Å². The first kappa shape index (κ1) is 29.7. The van der Waals surface area contributed by atoms with Crippen LogP contribution in [0.1, 0.15) is 29.6 Å². The van der Waals surface area contributed by atoms with Gasteiger partial charge >= 0.3 is 0 Å². The highest BCUT2D eigenvalue weighted by atomic mass is 32.2. The van der Waals surface area contributed by atoms with Gasteiger partial charge in [0.05, 0.1) is 22.3 Å². The van der Waals surface area contributed by atoms with Gasteiger partial charge in [0, 0.05) is 41.6 Å². The second-order valence-corrected chi connectivity index (χ2v) is 12.4. The summed E-state index contributed by atoms with van der Waals surface area (Å²) < 4.78 is 32.3. The van der Waals surface area contributed by atoms with Crippen LogP contribution in [-0.2, 0) is 21.4 Å². The number of para-hydroxylation sites is 1. The summed E-state index contributed by atoms with van der Waals surface area (Å²) in [5, 5.41) is 7.01. The molecule has 0 radical (unpaired) electrons. The van der Waals surface area contributed by atoms with E-state index in [4.69, 9.17) is 0 Å². The number of sulfonamides is 1. The average Bonchev–Trinajstić information content (AvgIpc) is 3.48. The molecule has 11 heteroatoms. The van der Waals surface area contributed by atoms with Crippen LogP contribution in [0.25, 0.3) is 5.69 Å². The van der Waals surface area contributed by atoms with E-state index in [0.717, 1.165) is 31.1 Å². The third kappa shape index (κ3) is 7.97. The van der Waals surface area contributed by atoms with Gasteiger partial charge in [0.15, 0.2) is 17.5 Å². The van der Waals surface area contributed by atoms with E-state index in [0.29, 0.717) is 34.1 Å². The minimum absolute atomic E-state index is 0.00558. The summed E-state index contributed by atoms with van der Waals surface area (Å²) in [4.78, 5) is 26.4. The zero-order chi connectivity index (χ0) is 30.1. The number of unbranched alkanes of at least 4 members (excludes halogenated alkanes) is 1. The van der Waals surface area contributed by atoms with Crippen LogP contribution in [0.4, 0.5) is 11.5 Å². The van der Waals surface area contributed by atoms with Crippen molar-refractivity contribution in [3.63, 3.8) is 0 Å². The van der Waals surface area contributed by atoms with Crippen molar-refractivity contribution in [2.24, 2.45) is 0 Å². The van der Waals surface area contributed by atoms with Crippen molar-refractivity contribution in [1.82, 2.24) is 9.78 Å². The predicted octanol–water partition coefficient (Wildman–Crippen LogP) is 5.70. The van der Waals surface area contributed by atoms with E-state index in [1.807, 2.05) is 60.9 Å². The molecule has 1 amide bonds. The summed E-state index contributed by atoms with van der Waals surface area (Å²) in [6.07, 6.45) is 7.54. The molecule has 0 unspecified atom stereocenters. The fourth-order valence-corrected chi connectivity index (χ4v) is 6.28. The summed E-state index contributed by atoms with van der Waals surface area (Å²) in [5.74, 6) is -0.0980. The Labute approximate surface area is 254 Å². The number of aryl methyl sites for hydroxylation is 1. The van der Waals surface area contributed by atoms with Crippen LogP contribution in [0.5, 0.6) is 0 Å². The van der Waals surface area contributed by atoms with E-state index < -0.39 is 15.9 Å². The first-order valence-electron chi connectivity index (χ1n) is 13.7. The first-order valence-corrected chi connectivity index (χ1v) is 16.0. The number of rotatable bonds is 12. The highest BCUT2D eigenvalue weighted by molar-refractivity contribution is 8.13. The lowest BCUT2D eigenvalue weighted by atomic mass is 10.2. The van der Waals surface area contributed by atoms with Crippen molar-refractivity contribution in [3.05, 3.63) is 127 Å². The Morgan fingerprint density at radius 2 is 1.51 bits per heavy atom. The average molecular weight is 613 g/mol. The lowest BCUT2D eigenvalue weighted by Crippen LogP contribution is -2.32. The highest BCUT2D eigenvalue weighted by Crippen LogP contribution is 2.27. The number of thioether (sulfide) groups is 1. The molecular weight excluding hydrogens is 583 g/mol. The van der Waals surface area contributed by atoms with Crippen molar-refractivity contribution < 1.29 is 22.6 Å². The molecule has 2 N–H and O–H groups in total. The number of amides is 1. The number of carbonyl (C=O) groups is 2. The van der Waals surface area contributed by atoms with Crippen molar-refractivity contribution >= 4 is 44.3 Å². The van der Waals surface area contributed by atoms with Crippen LogP contribution in [0.2, 0.25) is 0 Å². The Hall–Kier alpha value is -4.74. The molecule has 5 aromatic rings. The van der Waals surface area contributed by atoms with Crippen molar-refractivity contribution in [2.45, 2.75) is 35.6 Å². The van der Waals surface area contributed by atoms with Crippen LogP contribution >= 0.6 is 11.8 Å². The van der Waals surface area contributed by atoms with E-state index in [1.54, 1.807) is 30.3 Å². The summed E-state index contributed by atoms with van der Waals surface area (Å²) in [6.45, 7) is 0.840. The van der Waals surface area contributed by atoms with Crippen LogP contribution in [0.3, 0.4) is 0 Å². The molecular formula is C32H30N5O4S2+. The van der Waals surface area contributed by atoms with Gasteiger partial charge in [-0.05, 0) is 55.0 Å². The Bertz CT molecular complexity index is 1790. The molecule has 0 spiro atoms. The molecule has 0 saturated carbocycles. The van der Waals surface area contributed by atoms with E-state index >= 15 is 0 Å². The molecule has 3 aromatic carbocycles. The molecule has 2 heterocycles. The number of nitrogens with one attached hydrogen (secondary N) is 2. The topological polar surface area (TPSA) is 114 Å². The van der Waals surface area contributed by atoms with Crippen molar-refractivity contribution in [3.8, 4) is 5.69 Å². The van der Waals surface area contributed by atoms with Crippen molar-refractivity contribution in [1.29, 1.82) is 0 Å². The first-order chi connectivity index (χ1) is 20.9. The maximum Gasteiger partial charge on any atom is 0.263 e. The Kier molecular flexibility index (Phi) is 9.65. The Morgan fingerprint density at radius 3 is 2.28 bits per heavy atom. The SMILES string of the molecule is O=C(CCCC[n+]1ccccc1)Sc1ccccc1C(=O)Nc1ccc(S(=O)(=O)Nc2ccnn2-c2ccccc2)cc1. The third-order valence-electron chi connectivity index (χ3n) is 6.48. The van der Waals surface area contributed by atoms with Gasteiger partial charge in [-0.15, -0.1) is 0 Å². The molecule has 2 aromatic heterocycles. The molecule has 0 aliphatic heterocycles. The molecule has 0 bridgehead atoms. The van der Waals surface area contributed by atoms with Gasteiger partial charge in [0.25, 0.3) is 15.9 Å². The van der Waals surface area contributed by atoms with Gasteiger partial charge in [-0.3, -0.25) is 14.3 Å². The molecule has 0 aliphatic carbocycles. The van der Waals surface area contributed by atoms with E-state index in [-0.39, 0.29) is 10.0 Å². The molecule has 0 fully saturated rings. The molecule has 43 heavy (non-hydrogen) atoms. The minimum Gasteiger partial charge on any atom is -0.322 e. The molecule has 5 rings (SSSR count). The normalized spacial score (nSPS) is 11.2. The van der Waals surface area contributed by atoms with E-state index in [1.165, 1.54) is 35.1 Å². The largest absolute Gasteiger partial charge is 0.322 e. The number of anilines is 2. The number of carbonyl (C=O) groups excluding carboxylic acids is 2. The summed E-state index contributed by atoms with van der Waals surface area (Å²) in [6, 6.07) is 29.5. The van der Waals surface area contributed by atoms with E-state index in [2.05, 4.69) is 19.7 Å². The smallest absolute Gasteiger partial charge is 0.263 e. The van der Waals surface area contributed by atoms with E-state index in [9.17, 15) is 18.0 Å².